The van der Waals surface area contributed by atoms with Gasteiger partial charge in [0.1, 0.15) is 5.75 Å². The van der Waals surface area contributed by atoms with Crippen molar-refractivity contribution in [3.05, 3.63) is 54.1 Å². The van der Waals surface area contributed by atoms with Gasteiger partial charge in [-0.3, -0.25) is 14.9 Å². The van der Waals surface area contributed by atoms with Gasteiger partial charge in [0.15, 0.2) is 5.11 Å². The summed E-state index contributed by atoms with van der Waals surface area (Å²) in [7, 11) is 1.70. The molecule has 2 N–H and O–H groups in total. The number of anilines is 2. The largest absolute Gasteiger partial charge is 0.493 e. The van der Waals surface area contributed by atoms with E-state index in [1.54, 1.807) is 31.3 Å². The first kappa shape index (κ1) is 23.3. The van der Waals surface area contributed by atoms with Crippen LogP contribution in [-0.4, -0.2) is 30.6 Å². The molecule has 0 aliphatic heterocycles. The van der Waals surface area contributed by atoms with Crippen molar-refractivity contribution in [2.24, 2.45) is 0 Å². The molecule has 0 aliphatic carbocycles. The maximum Gasteiger partial charge on any atom is 0.261 e. The van der Waals surface area contributed by atoms with Gasteiger partial charge in [0, 0.05) is 25.3 Å². The lowest BCUT2D eigenvalue weighted by Crippen LogP contribution is -2.34. The molecule has 7 heteroatoms. The Kier molecular flexibility index (Phi) is 9.28. The van der Waals surface area contributed by atoms with E-state index in [9.17, 15) is 9.59 Å². The van der Waals surface area contributed by atoms with Crippen LogP contribution in [0.5, 0.6) is 5.75 Å². The summed E-state index contributed by atoms with van der Waals surface area (Å²) in [5.74, 6) is 0.127. The first-order valence-corrected chi connectivity index (χ1v) is 10.5. The molecule has 2 aromatic rings. The number of para-hydroxylation sites is 1. The Morgan fingerprint density at radius 3 is 2.57 bits per heavy atom. The maximum absolute atomic E-state index is 12.7. The van der Waals surface area contributed by atoms with Gasteiger partial charge in [-0.1, -0.05) is 44.4 Å². The molecule has 0 heterocycles. The summed E-state index contributed by atoms with van der Waals surface area (Å²) >= 11 is 5.29. The van der Waals surface area contributed by atoms with Gasteiger partial charge in [-0.05, 0) is 49.0 Å². The SMILES string of the molecule is CCCCCCOc1ccccc1C(=O)NC(=S)Nc1cccc(N(C)C(C)=O)c1. The van der Waals surface area contributed by atoms with Crippen LogP contribution in [0.25, 0.3) is 0 Å². The van der Waals surface area contributed by atoms with Crippen molar-refractivity contribution in [1.29, 1.82) is 0 Å². The minimum absolute atomic E-state index is 0.0747. The molecule has 2 aromatic carbocycles. The molecule has 160 valence electrons. The number of hydrogen-bond acceptors (Lipinski definition) is 4. The number of ether oxygens (including phenoxy) is 1. The number of nitrogens with zero attached hydrogens (tertiary/aromatic N) is 1. The first-order valence-electron chi connectivity index (χ1n) is 10.1. The van der Waals surface area contributed by atoms with Crippen molar-refractivity contribution < 1.29 is 14.3 Å². The van der Waals surface area contributed by atoms with Crippen LogP contribution < -0.4 is 20.3 Å². The van der Waals surface area contributed by atoms with Crippen molar-refractivity contribution in [1.82, 2.24) is 5.32 Å². The molecule has 0 bridgehead atoms. The summed E-state index contributed by atoms with van der Waals surface area (Å²) in [6, 6.07) is 14.3. The van der Waals surface area contributed by atoms with E-state index < -0.39 is 0 Å². The fraction of sp³-hybridized carbons (Fsp3) is 0.348. The van der Waals surface area contributed by atoms with Gasteiger partial charge in [-0.15, -0.1) is 0 Å². The van der Waals surface area contributed by atoms with E-state index in [0.717, 1.165) is 24.9 Å². The minimum atomic E-state index is -0.339. The van der Waals surface area contributed by atoms with Crippen LogP contribution >= 0.6 is 12.2 Å². The Hall–Kier alpha value is -2.93. The predicted molar refractivity (Wildman–Crippen MR) is 125 cm³/mol. The highest BCUT2D eigenvalue weighted by Crippen LogP contribution is 2.20. The number of nitrogens with one attached hydrogen (secondary N) is 2. The summed E-state index contributed by atoms with van der Waals surface area (Å²) in [5.41, 5.74) is 1.83. The normalized spacial score (nSPS) is 10.2. The molecule has 0 aromatic heterocycles. The lowest BCUT2D eigenvalue weighted by molar-refractivity contribution is -0.116. The Labute approximate surface area is 183 Å². The number of amides is 2. The number of carbonyl (C=O) groups excluding carboxylic acids is 2. The monoisotopic (exact) mass is 427 g/mol. The van der Waals surface area contributed by atoms with E-state index in [0.29, 0.717) is 23.6 Å². The number of thiocarbonyl (C=S) groups is 1. The van der Waals surface area contributed by atoms with E-state index in [4.69, 9.17) is 17.0 Å². The zero-order valence-electron chi connectivity index (χ0n) is 17.7. The van der Waals surface area contributed by atoms with Crippen LogP contribution in [0.3, 0.4) is 0 Å². The lowest BCUT2D eigenvalue weighted by atomic mass is 10.2. The molecule has 0 aliphatic rings. The first-order chi connectivity index (χ1) is 14.4. The topological polar surface area (TPSA) is 70.7 Å². The van der Waals surface area contributed by atoms with Crippen LogP contribution in [0, 0.1) is 0 Å². The average Bonchev–Trinajstić information content (AvgIpc) is 2.73. The molecule has 0 fully saturated rings. The van der Waals surface area contributed by atoms with Crippen molar-refractivity contribution >= 4 is 40.5 Å². The van der Waals surface area contributed by atoms with Crippen LogP contribution in [0.1, 0.15) is 49.9 Å². The second-order valence-corrected chi connectivity index (χ2v) is 7.35. The number of carbonyl (C=O) groups is 2. The van der Waals surface area contributed by atoms with Crippen molar-refractivity contribution in [2.45, 2.75) is 39.5 Å². The van der Waals surface area contributed by atoms with Crippen LogP contribution in [0.15, 0.2) is 48.5 Å². The maximum atomic E-state index is 12.7. The highest BCUT2D eigenvalue weighted by atomic mass is 32.1. The summed E-state index contributed by atoms with van der Waals surface area (Å²) in [4.78, 5) is 25.8. The quantitative estimate of drug-likeness (QED) is 0.446. The van der Waals surface area contributed by atoms with Crippen molar-refractivity contribution in [3.8, 4) is 5.75 Å². The van der Waals surface area contributed by atoms with E-state index in [-0.39, 0.29) is 16.9 Å². The molecule has 2 rings (SSSR count). The van der Waals surface area contributed by atoms with Gasteiger partial charge >= 0.3 is 0 Å². The average molecular weight is 428 g/mol. The van der Waals surface area contributed by atoms with Crippen LogP contribution in [-0.2, 0) is 4.79 Å². The fourth-order valence-electron chi connectivity index (χ4n) is 2.80. The summed E-state index contributed by atoms with van der Waals surface area (Å²) < 4.78 is 5.81. The fourth-order valence-corrected chi connectivity index (χ4v) is 3.01. The molecule has 0 saturated carbocycles. The van der Waals surface area contributed by atoms with Crippen LogP contribution in [0.2, 0.25) is 0 Å². The lowest BCUT2D eigenvalue weighted by Gasteiger charge is -2.17. The van der Waals surface area contributed by atoms with E-state index in [2.05, 4.69) is 17.6 Å². The molecule has 0 atom stereocenters. The smallest absolute Gasteiger partial charge is 0.261 e. The predicted octanol–water partition coefficient (Wildman–Crippen LogP) is 4.76. The Bertz CT molecular complexity index is 886. The molecule has 30 heavy (non-hydrogen) atoms. The number of benzene rings is 2. The highest BCUT2D eigenvalue weighted by molar-refractivity contribution is 7.80. The zero-order valence-corrected chi connectivity index (χ0v) is 18.6. The van der Waals surface area contributed by atoms with Gasteiger partial charge in [0.2, 0.25) is 5.91 Å². The van der Waals surface area contributed by atoms with Gasteiger partial charge in [0.25, 0.3) is 5.91 Å². The number of hydrogen-bond donors (Lipinski definition) is 2. The second-order valence-electron chi connectivity index (χ2n) is 6.94. The highest BCUT2D eigenvalue weighted by Gasteiger charge is 2.14. The third-order valence-electron chi connectivity index (χ3n) is 4.58. The summed E-state index contributed by atoms with van der Waals surface area (Å²) in [5, 5.41) is 5.84. The minimum Gasteiger partial charge on any atom is -0.493 e. The molecule has 0 saturated heterocycles. The van der Waals surface area contributed by atoms with Gasteiger partial charge in [-0.2, -0.15) is 0 Å². The second kappa shape index (κ2) is 11.9. The summed E-state index contributed by atoms with van der Waals surface area (Å²) in [6.07, 6.45) is 4.40. The third-order valence-corrected chi connectivity index (χ3v) is 4.78. The van der Waals surface area contributed by atoms with E-state index in [1.165, 1.54) is 18.2 Å². The van der Waals surface area contributed by atoms with E-state index >= 15 is 0 Å². The Balaban J connectivity index is 1.97. The molecule has 0 unspecified atom stereocenters. The number of rotatable bonds is 9. The molecular weight excluding hydrogens is 398 g/mol. The van der Waals surface area contributed by atoms with Crippen molar-refractivity contribution in [2.75, 3.05) is 23.9 Å². The zero-order chi connectivity index (χ0) is 21.9. The molecular formula is C23H29N3O3S. The summed E-state index contributed by atoms with van der Waals surface area (Å²) in [6.45, 7) is 4.23. The van der Waals surface area contributed by atoms with Gasteiger partial charge in [0.05, 0.1) is 12.2 Å². The molecule has 6 nitrogen and oxygen atoms in total. The molecule has 0 radical (unpaired) electrons. The number of unbranched alkanes of at least 4 members (excludes halogenated alkanes) is 3. The standard InChI is InChI=1S/C23H29N3O3S/c1-4-5-6-9-15-29-21-14-8-7-13-20(21)22(28)25-23(30)24-18-11-10-12-19(16-18)26(3)17(2)27/h7-8,10-14,16H,4-6,9,15H2,1-3H3,(H2,24,25,28,30). The Morgan fingerprint density at radius 2 is 1.83 bits per heavy atom. The van der Waals surface area contributed by atoms with Crippen molar-refractivity contribution in [3.63, 3.8) is 0 Å². The third kappa shape index (κ3) is 7.15. The Morgan fingerprint density at radius 1 is 1.07 bits per heavy atom. The molecule has 0 spiro atoms. The van der Waals surface area contributed by atoms with Gasteiger partial charge < -0.3 is 15.0 Å². The van der Waals surface area contributed by atoms with Gasteiger partial charge in [-0.25, -0.2) is 0 Å². The molecule has 2 amide bonds. The van der Waals surface area contributed by atoms with E-state index in [1.807, 2.05) is 24.3 Å². The van der Waals surface area contributed by atoms with Crippen LogP contribution in [0.4, 0.5) is 11.4 Å².